The summed E-state index contributed by atoms with van der Waals surface area (Å²) in [6.07, 6.45) is 11.1. The maximum absolute atomic E-state index is 13.3. The molecule has 0 saturated heterocycles. The number of carbonyl (C=O) groups is 2. The number of rotatable bonds is 3. The van der Waals surface area contributed by atoms with E-state index in [0.29, 0.717) is 29.2 Å². The molecule has 194 valence electrons. The summed E-state index contributed by atoms with van der Waals surface area (Å²) in [6.45, 7) is 5.67. The molecule has 0 aromatic heterocycles. The Morgan fingerprint density at radius 1 is 1.05 bits per heavy atom. The van der Waals surface area contributed by atoms with Crippen molar-refractivity contribution in [3.63, 3.8) is 0 Å². The summed E-state index contributed by atoms with van der Waals surface area (Å²) in [7, 11) is 0. The van der Waals surface area contributed by atoms with E-state index < -0.39 is 5.60 Å². The predicted octanol–water partition coefficient (Wildman–Crippen LogP) is 6.92. The SMILES string of the molecule is CC#C[C@]1(O)CC[C@H]2[C@@H]3C=CC4=CC(=O)C(c5ccc(-c6cccc(C(C)=O)c6)cc5)C[C@@H]4[C@H]3CC[C@@]21C. The number of hydrogen-bond acceptors (Lipinski definition) is 3. The summed E-state index contributed by atoms with van der Waals surface area (Å²) in [6, 6.07) is 16.0. The molecule has 2 aromatic carbocycles. The van der Waals surface area contributed by atoms with Crippen molar-refractivity contribution in [3.05, 3.63) is 83.5 Å². The Morgan fingerprint density at radius 3 is 2.58 bits per heavy atom. The molecule has 4 aliphatic rings. The second-order valence-electron chi connectivity index (χ2n) is 12.1. The van der Waals surface area contributed by atoms with Crippen molar-refractivity contribution < 1.29 is 14.7 Å². The van der Waals surface area contributed by atoms with Crippen molar-refractivity contribution in [2.45, 2.75) is 64.4 Å². The Kier molecular flexibility index (Phi) is 6.08. The minimum atomic E-state index is -0.891. The topological polar surface area (TPSA) is 54.4 Å². The van der Waals surface area contributed by atoms with Crippen LogP contribution in [-0.2, 0) is 4.79 Å². The van der Waals surface area contributed by atoms with Gasteiger partial charge in [-0.25, -0.2) is 0 Å². The van der Waals surface area contributed by atoms with Crippen molar-refractivity contribution in [1.29, 1.82) is 0 Å². The first kappa shape index (κ1) is 25.1. The van der Waals surface area contributed by atoms with Gasteiger partial charge in [-0.1, -0.05) is 67.5 Å². The zero-order valence-corrected chi connectivity index (χ0v) is 22.5. The molecule has 2 aromatic rings. The van der Waals surface area contributed by atoms with Crippen LogP contribution < -0.4 is 0 Å². The highest BCUT2D eigenvalue weighted by atomic mass is 16.3. The molecule has 0 heterocycles. The average Bonchev–Trinajstić information content (AvgIpc) is 3.18. The number of ketones is 2. The molecule has 38 heavy (non-hydrogen) atoms. The van der Waals surface area contributed by atoms with E-state index in [9.17, 15) is 14.7 Å². The van der Waals surface area contributed by atoms with Crippen LogP contribution in [0.15, 0.2) is 72.3 Å². The molecule has 1 unspecified atom stereocenters. The first-order valence-electron chi connectivity index (χ1n) is 14.1. The van der Waals surface area contributed by atoms with Gasteiger partial charge in [-0.05, 0) is 104 Å². The number of benzene rings is 2. The Bertz CT molecular complexity index is 1420. The zero-order valence-electron chi connectivity index (χ0n) is 22.5. The van der Waals surface area contributed by atoms with Crippen LogP contribution in [0.3, 0.4) is 0 Å². The van der Waals surface area contributed by atoms with Gasteiger partial charge in [0.1, 0.15) is 5.60 Å². The Labute approximate surface area is 226 Å². The number of carbonyl (C=O) groups excluding carboxylic acids is 2. The van der Waals surface area contributed by atoms with E-state index >= 15 is 0 Å². The molecule has 1 N–H and O–H groups in total. The van der Waals surface area contributed by atoms with Crippen LogP contribution in [-0.4, -0.2) is 22.3 Å². The van der Waals surface area contributed by atoms with Crippen LogP contribution >= 0.6 is 0 Å². The van der Waals surface area contributed by atoms with Gasteiger partial charge >= 0.3 is 0 Å². The normalized spacial score (nSPS) is 35.3. The third-order valence-electron chi connectivity index (χ3n) is 10.4. The minimum Gasteiger partial charge on any atom is -0.377 e. The second kappa shape index (κ2) is 9.21. The fraction of sp³-hybridized carbons (Fsp3) is 0.429. The van der Waals surface area contributed by atoms with Crippen molar-refractivity contribution in [3.8, 4) is 23.0 Å². The zero-order chi connectivity index (χ0) is 26.7. The van der Waals surface area contributed by atoms with Gasteiger partial charge in [0, 0.05) is 16.9 Å². The van der Waals surface area contributed by atoms with Crippen molar-refractivity contribution >= 4 is 11.6 Å². The van der Waals surface area contributed by atoms with E-state index in [1.807, 2.05) is 37.3 Å². The van der Waals surface area contributed by atoms with Gasteiger partial charge in [0.25, 0.3) is 0 Å². The Hall–Kier alpha value is -3.22. The van der Waals surface area contributed by atoms with Gasteiger partial charge in [-0.2, -0.15) is 0 Å². The Balaban J connectivity index is 1.25. The summed E-state index contributed by atoms with van der Waals surface area (Å²) in [5.74, 6) is 8.02. The highest BCUT2D eigenvalue weighted by Gasteiger charge is 2.61. The summed E-state index contributed by atoms with van der Waals surface area (Å²) in [5, 5.41) is 11.5. The predicted molar refractivity (Wildman–Crippen MR) is 150 cm³/mol. The van der Waals surface area contributed by atoms with Crippen LogP contribution in [0.2, 0.25) is 0 Å². The third kappa shape index (κ3) is 3.85. The molecular formula is C35H36O3. The molecule has 0 spiro atoms. The van der Waals surface area contributed by atoms with Crippen LogP contribution in [0.5, 0.6) is 0 Å². The van der Waals surface area contributed by atoms with E-state index in [1.165, 1.54) is 5.57 Å². The second-order valence-corrected chi connectivity index (χ2v) is 12.1. The fourth-order valence-corrected chi connectivity index (χ4v) is 8.22. The van der Waals surface area contributed by atoms with E-state index in [1.54, 1.807) is 6.92 Å². The molecular weight excluding hydrogens is 468 g/mol. The third-order valence-corrected chi connectivity index (χ3v) is 10.4. The van der Waals surface area contributed by atoms with Crippen molar-refractivity contribution in [2.75, 3.05) is 0 Å². The number of Topliss-reactive ketones (excluding diaryl/α,β-unsaturated/α-hetero) is 1. The highest BCUT2D eigenvalue weighted by Crippen LogP contribution is 2.64. The molecule has 6 rings (SSSR count). The summed E-state index contributed by atoms with van der Waals surface area (Å²) >= 11 is 0. The molecule has 3 heteroatoms. The summed E-state index contributed by atoms with van der Waals surface area (Å²) in [4.78, 5) is 25.1. The molecule has 7 atom stereocenters. The van der Waals surface area contributed by atoms with Gasteiger partial charge in [0.05, 0.1) is 0 Å². The smallest absolute Gasteiger partial charge is 0.163 e. The summed E-state index contributed by atoms with van der Waals surface area (Å²) < 4.78 is 0. The van der Waals surface area contributed by atoms with Gasteiger partial charge < -0.3 is 5.11 Å². The molecule has 3 nitrogen and oxygen atoms in total. The van der Waals surface area contributed by atoms with E-state index in [0.717, 1.165) is 48.8 Å². The average molecular weight is 505 g/mol. The number of allylic oxidation sites excluding steroid dienone is 4. The van der Waals surface area contributed by atoms with E-state index in [4.69, 9.17) is 0 Å². The van der Waals surface area contributed by atoms with Gasteiger partial charge in [-0.15, -0.1) is 5.92 Å². The van der Waals surface area contributed by atoms with Gasteiger partial charge in [0.15, 0.2) is 11.6 Å². The molecule has 0 radical (unpaired) electrons. The van der Waals surface area contributed by atoms with Crippen molar-refractivity contribution in [2.24, 2.45) is 29.1 Å². The lowest BCUT2D eigenvalue weighted by atomic mass is 9.51. The fourth-order valence-electron chi connectivity index (χ4n) is 8.22. The molecule has 4 aliphatic carbocycles. The number of aliphatic hydroxyl groups is 1. The molecule has 0 amide bonds. The van der Waals surface area contributed by atoms with Gasteiger partial charge in [-0.3, -0.25) is 9.59 Å². The van der Waals surface area contributed by atoms with E-state index in [-0.39, 0.29) is 22.9 Å². The number of hydrogen-bond donors (Lipinski definition) is 1. The lowest BCUT2D eigenvalue weighted by molar-refractivity contribution is -0.117. The minimum absolute atomic E-state index is 0.0577. The monoisotopic (exact) mass is 504 g/mol. The van der Waals surface area contributed by atoms with Gasteiger partial charge in [0.2, 0.25) is 0 Å². The highest BCUT2D eigenvalue weighted by molar-refractivity contribution is 5.98. The maximum atomic E-state index is 13.3. The van der Waals surface area contributed by atoms with Crippen molar-refractivity contribution in [1.82, 2.24) is 0 Å². The molecule has 0 bridgehead atoms. The largest absolute Gasteiger partial charge is 0.377 e. The molecule has 0 aliphatic heterocycles. The lowest BCUT2D eigenvalue weighted by Gasteiger charge is -2.53. The number of fused-ring (bicyclic) bond motifs is 5. The lowest BCUT2D eigenvalue weighted by Crippen LogP contribution is -2.51. The first-order valence-corrected chi connectivity index (χ1v) is 14.1. The van der Waals surface area contributed by atoms with Crippen LogP contribution in [0.1, 0.15) is 74.7 Å². The van der Waals surface area contributed by atoms with E-state index in [2.05, 4.69) is 55.2 Å². The van der Waals surface area contributed by atoms with Crippen LogP contribution in [0.4, 0.5) is 0 Å². The standard InChI is InChI=1S/C35H36O3/c1-4-16-35(38)18-15-32-29-13-12-27-20-33(37)31(21-30(27)28(29)14-17-34(32,35)3)24-10-8-23(9-11-24)26-7-5-6-25(19-26)22(2)36/h5-13,19-20,28-32,38H,14-15,17-18,21H2,1-3H3/t28-,29+,30-,31?,32-,34-,35-/m0/s1. The Morgan fingerprint density at radius 2 is 1.84 bits per heavy atom. The van der Waals surface area contributed by atoms with Crippen LogP contribution in [0.25, 0.3) is 11.1 Å². The molecule has 2 saturated carbocycles. The first-order chi connectivity index (χ1) is 18.2. The molecule has 2 fully saturated rings. The summed E-state index contributed by atoms with van der Waals surface area (Å²) in [5.41, 5.74) is 3.95. The maximum Gasteiger partial charge on any atom is 0.163 e. The van der Waals surface area contributed by atoms with Crippen LogP contribution in [0, 0.1) is 40.9 Å². The quantitative estimate of drug-likeness (QED) is 0.365.